The van der Waals surface area contributed by atoms with Crippen molar-refractivity contribution in [3.05, 3.63) is 212 Å². The number of hydrogen-bond donors (Lipinski definition) is 0. The van der Waals surface area contributed by atoms with Crippen LogP contribution in [-0.4, -0.2) is 0 Å². The van der Waals surface area contributed by atoms with E-state index < -0.39 is 0 Å². The first-order valence-corrected chi connectivity index (χ1v) is 21.0. The molecule has 268 valence electrons. The first-order valence-electron chi connectivity index (χ1n) is 19.3. The zero-order valence-electron chi connectivity index (χ0n) is 31.0. The quantitative estimate of drug-likeness (QED) is 0.156. The molecule has 2 heterocycles. The van der Waals surface area contributed by atoms with E-state index in [1.54, 1.807) is 0 Å². The van der Waals surface area contributed by atoms with Crippen LogP contribution in [-0.2, 0) is 0 Å². The summed E-state index contributed by atoms with van der Waals surface area (Å²) in [6.45, 7) is 0. The van der Waals surface area contributed by atoms with Gasteiger partial charge >= 0.3 is 0 Å². The Morgan fingerprint density at radius 1 is 0.263 bits per heavy atom. The van der Waals surface area contributed by atoms with E-state index in [9.17, 15) is 0 Å². The van der Waals surface area contributed by atoms with Gasteiger partial charge in [0.15, 0.2) is 0 Å². The maximum atomic E-state index is 2.44. The van der Waals surface area contributed by atoms with Crippen LogP contribution >= 0.6 is 22.7 Å². The molecule has 0 atom stereocenters. The van der Waals surface area contributed by atoms with Crippen LogP contribution < -0.4 is 4.90 Å². The second-order valence-electron chi connectivity index (χ2n) is 14.4. The predicted molar refractivity (Wildman–Crippen MR) is 249 cm³/mol. The van der Waals surface area contributed by atoms with Crippen LogP contribution in [0, 0.1) is 0 Å². The van der Waals surface area contributed by atoms with Crippen molar-refractivity contribution >= 4 is 80.1 Å². The molecule has 0 saturated heterocycles. The predicted octanol–water partition coefficient (Wildman–Crippen LogP) is 16.6. The van der Waals surface area contributed by atoms with Gasteiger partial charge in [-0.2, -0.15) is 0 Å². The van der Waals surface area contributed by atoms with E-state index in [1.807, 2.05) is 22.7 Å². The molecule has 0 aliphatic heterocycles. The third kappa shape index (κ3) is 5.91. The molecular formula is C54H35NS2. The summed E-state index contributed by atoms with van der Waals surface area (Å²) in [4.78, 5) is 2.44. The molecule has 0 N–H and O–H groups in total. The highest BCUT2D eigenvalue weighted by molar-refractivity contribution is 7.26. The van der Waals surface area contributed by atoms with Gasteiger partial charge in [-0.15, -0.1) is 22.7 Å². The lowest BCUT2D eigenvalue weighted by molar-refractivity contribution is 1.29. The van der Waals surface area contributed by atoms with Gasteiger partial charge in [-0.05, 0) is 93.5 Å². The summed E-state index contributed by atoms with van der Waals surface area (Å²) >= 11 is 3.72. The third-order valence-electron chi connectivity index (χ3n) is 11.1. The van der Waals surface area contributed by atoms with Crippen LogP contribution in [0.5, 0.6) is 0 Å². The minimum absolute atomic E-state index is 1.11. The summed E-state index contributed by atoms with van der Waals surface area (Å²) in [5.41, 5.74) is 13.0. The van der Waals surface area contributed by atoms with Crippen molar-refractivity contribution in [3.8, 4) is 44.5 Å². The van der Waals surface area contributed by atoms with Gasteiger partial charge in [-0.1, -0.05) is 158 Å². The minimum atomic E-state index is 1.11. The molecule has 0 unspecified atom stereocenters. The van der Waals surface area contributed by atoms with Gasteiger partial charge in [0.25, 0.3) is 0 Å². The second-order valence-corrected chi connectivity index (χ2v) is 16.6. The normalized spacial score (nSPS) is 11.5. The van der Waals surface area contributed by atoms with Gasteiger partial charge in [0.05, 0.1) is 5.69 Å². The highest BCUT2D eigenvalue weighted by Crippen LogP contribution is 2.47. The SMILES string of the molecule is c1ccc(-c2ccccc2-c2ccccc2-c2ccccc2N(c2ccc(-c3ccc4c(c3)sc3ccccc34)cc2)c2ccc3sc4ccccc4c3c2)cc1. The van der Waals surface area contributed by atoms with Crippen LogP contribution in [0.1, 0.15) is 0 Å². The Hall–Kier alpha value is -6.78. The van der Waals surface area contributed by atoms with Crippen LogP contribution in [0.25, 0.3) is 84.9 Å². The maximum absolute atomic E-state index is 2.44. The van der Waals surface area contributed by atoms with E-state index >= 15 is 0 Å². The molecule has 0 amide bonds. The molecule has 0 bridgehead atoms. The van der Waals surface area contributed by atoms with Crippen LogP contribution in [0.4, 0.5) is 17.1 Å². The lowest BCUT2D eigenvalue weighted by Crippen LogP contribution is -2.11. The third-order valence-corrected chi connectivity index (χ3v) is 13.4. The number of para-hydroxylation sites is 1. The Kier molecular flexibility index (Phi) is 8.28. The molecular weight excluding hydrogens is 727 g/mol. The fourth-order valence-corrected chi connectivity index (χ4v) is 10.7. The van der Waals surface area contributed by atoms with Crippen molar-refractivity contribution in [1.29, 1.82) is 0 Å². The Labute approximate surface area is 340 Å². The molecule has 0 fully saturated rings. The Morgan fingerprint density at radius 2 is 0.754 bits per heavy atom. The first-order chi connectivity index (χ1) is 28.3. The Balaban J connectivity index is 1.08. The van der Waals surface area contributed by atoms with Crippen molar-refractivity contribution in [2.75, 3.05) is 4.90 Å². The first kappa shape index (κ1) is 33.5. The van der Waals surface area contributed by atoms with E-state index in [4.69, 9.17) is 0 Å². The van der Waals surface area contributed by atoms with E-state index in [0.29, 0.717) is 0 Å². The van der Waals surface area contributed by atoms with Crippen molar-refractivity contribution in [2.45, 2.75) is 0 Å². The molecule has 57 heavy (non-hydrogen) atoms. The fraction of sp³-hybridized carbons (Fsp3) is 0. The molecule has 0 saturated carbocycles. The molecule has 9 aromatic carbocycles. The van der Waals surface area contributed by atoms with Gasteiger partial charge in [0.2, 0.25) is 0 Å². The van der Waals surface area contributed by atoms with E-state index in [1.165, 1.54) is 84.9 Å². The molecule has 3 heteroatoms. The number of nitrogens with zero attached hydrogens (tertiary/aromatic N) is 1. The number of fused-ring (bicyclic) bond motifs is 6. The number of thiophene rings is 2. The largest absolute Gasteiger partial charge is 0.310 e. The highest BCUT2D eigenvalue weighted by Gasteiger charge is 2.21. The highest BCUT2D eigenvalue weighted by atomic mass is 32.1. The molecule has 1 nitrogen and oxygen atoms in total. The number of benzene rings is 9. The van der Waals surface area contributed by atoms with Gasteiger partial charge < -0.3 is 4.90 Å². The zero-order valence-corrected chi connectivity index (χ0v) is 32.6. The van der Waals surface area contributed by atoms with Gasteiger partial charge in [-0.25, -0.2) is 0 Å². The van der Waals surface area contributed by atoms with Gasteiger partial charge in [0.1, 0.15) is 0 Å². The van der Waals surface area contributed by atoms with Gasteiger partial charge in [0, 0.05) is 57.3 Å². The van der Waals surface area contributed by atoms with Crippen molar-refractivity contribution in [2.24, 2.45) is 0 Å². The summed E-state index contributed by atoms with van der Waals surface area (Å²) in [6, 6.07) is 77.7. The van der Waals surface area contributed by atoms with Crippen molar-refractivity contribution in [3.63, 3.8) is 0 Å². The van der Waals surface area contributed by atoms with Crippen molar-refractivity contribution in [1.82, 2.24) is 0 Å². The molecule has 0 aliphatic rings. The molecule has 0 aliphatic carbocycles. The number of rotatable bonds is 7. The standard InChI is InChI=1S/C54H35NS2/c1-2-14-37(15-3-1)41-16-4-5-17-42(41)43-18-6-7-19-44(43)45-20-8-11-23-50(45)55(40-31-33-53-49(35-40)47-22-10-13-25-52(47)56-53)39-29-26-36(27-30-39)38-28-32-48-46-21-9-12-24-51(46)57-54(48)34-38/h1-35H. The molecule has 0 radical (unpaired) electrons. The molecule has 11 rings (SSSR count). The summed E-state index contributed by atoms with van der Waals surface area (Å²) in [5.74, 6) is 0. The van der Waals surface area contributed by atoms with E-state index in [2.05, 4.69) is 217 Å². The molecule has 11 aromatic rings. The molecule has 0 spiro atoms. The van der Waals surface area contributed by atoms with Crippen LogP contribution in [0.15, 0.2) is 212 Å². The van der Waals surface area contributed by atoms with E-state index in [0.717, 1.165) is 17.1 Å². The fourth-order valence-electron chi connectivity index (χ4n) is 8.43. The maximum Gasteiger partial charge on any atom is 0.0540 e. The minimum Gasteiger partial charge on any atom is -0.310 e. The molecule has 2 aromatic heterocycles. The Bertz CT molecular complexity index is 3240. The summed E-state index contributed by atoms with van der Waals surface area (Å²) in [5, 5.41) is 5.22. The summed E-state index contributed by atoms with van der Waals surface area (Å²) in [6.07, 6.45) is 0. The lowest BCUT2D eigenvalue weighted by atomic mass is 9.88. The average molecular weight is 762 g/mol. The van der Waals surface area contributed by atoms with Crippen molar-refractivity contribution < 1.29 is 0 Å². The summed E-state index contributed by atoms with van der Waals surface area (Å²) in [7, 11) is 0. The van der Waals surface area contributed by atoms with Crippen LogP contribution in [0.2, 0.25) is 0 Å². The number of anilines is 3. The second kappa shape index (κ2) is 14.1. The number of hydrogen-bond acceptors (Lipinski definition) is 3. The Morgan fingerprint density at radius 3 is 1.49 bits per heavy atom. The lowest BCUT2D eigenvalue weighted by Gasteiger charge is -2.29. The van der Waals surface area contributed by atoms with Crippen LogP contribution in [0.3, 0.4) is 0 Å². The topological polar surface area (TPSA) is 3.24 Å². The monoisotopic (exact) mass is 761 g/mol. The van der Waals surface area contributed by atoms with E-state index in [-0.39, 0.29) is 0 Å². The summed E-state index contributed by atoms with van der Waals surface area (Å²) < 4.78 is 5.25. The van der Waals surface area contributed by atoms with Gasteiger partial charge in [-0.3, -0.25) is 0 Å². The zero-order chi connectivity index (χ0) is 37.7. The smallest absolute Gasteiger partial charge is 0.0540 e. The average Bonchev–Trinajstić information content (AvgIpc) is 3.85.